The third-order valence-electron chi connectivity index (χ3n) is 5.55. The number of carbonyl (C=O) groups excluding carboxylic acids is 1. The van der Waals surface area contributed by atoms with Crippen LogP contribution in [0.4, 0.5) is 0 Å². The van der Waals surface area contributed by atoms with Gasteiger partial charge in [-0.25, -0.2) is 9.59 Å². The summed E-state index contributed by atoms with van der Waals surface area (Å²) in [5.41, 5.74) is -0.00169. The number of rotatable bonds is 14. The lowest BCUT2D eigenvalue weighted by Crippen LogP contribution is -2.44. The maximum atomic E-state index is 12.5. The van der Waals surface area contributed by atoms with Crippen LogP contribution in [0.5, 0.6) is 0 Å². The van der Waals surface area contributed by atoms with E-state index < -0.39 is 28.6 Å². The summed E-state index contributed by atoms with van der Waals surface area (Å²) in [7, 11) is -3.31. The van der Waals surface area contributed by atoms with Crippen molar-refractivity contribution in [1.82, 2.24) is 0 Å². The minimum Gasteiger partial charge on any atom is -0.478 e. The maximum absolute atomic E-state index is 12.5. The van der Waals surface area contributed by atoms with E-state index >= 15 is 0 Å². The topological polar surface area (TPSA) is 82.1 Å². The van der Waals surface area contributed by atoms with E-state index in [-0.39, 0.29) is 24.3 Å². The molecule has 0 aromatic heterocycles. The minimum atomic E-state index is -1.72. The average Bonchev–Trinajstić information content (AvgIpc) is 2.75. The van der Waals surface area contributed by atoms with Crippen molar-refractivity contribution in [2.75, 3.05) is 19.8 Å². The first-order valence-corrected chi connectivity index (χ1v) is 18.0. The zero-order valence-corrected chi connectivity index (χ0v) is 22.6. The Morgan fingerprint density at radius 2 is 1.42 bits per heavy atom. The zero-order valence-electron chi connectivity index (χ0n) is 20.6. The van der Waals surface area contributed by atoms with Crippen LogP contribution in [0.2, 0.25) is 38.3 Å². The van der Waals surface area contributed by atoms with Gasteiger partial charge in [-0.3, -0.25) is 0 Å². The molecule has 2 aromatic rings. The van der Waals surface area contributed by atoms with Gasteiger partial charge in [0.2, 0.25) is 0 Å². The lowest BCUT2D eigenvalue weighted by atomic mass is 10.0. The Labute approximate surface area is 199 Å². The number of benzene rings is 2. The predicted molar refractivity (Wildman–Crippen MR) is 137 cm³/mol. The number of carboxylic acids is 1. The number of fused-ring (bicyclic) bond motifs is 1. The van der Waals surface area contributed by atoms with Crippen molar-refractivity contribution in [3.63, 3.8) is 0 Å². The summed E-state index contributed by atoms with van der Waals surface area (Å²) < 4.78 is 17.5. The molecule has 0 fully saturated rings. The van der Waals surface area contributed by atoms with Gasteiger partial charge in [0, 0.05) is 6.61 Å². The molecular formula is C25H38O6Si2. The number of hydrogen-bond donors (Lipinski definition) is 1. The molecule has 0 spiro atoms. The van der Waals surface area contributed by atoms with Crippen LogP contribution in [0.1, 0.15) is 46.9 Å². The molecule has 0 saturated heterocycles. The smallest absolute Gasteiger partial charge is 0.339 e. The number of carbonyl (C=O) groups is 2. The summed E-state index contributed by atoms with van der Waals surface area (Å²) in [5.74, 6) is -1.80. The zero-order chi connectivity index (χ0) is 24.5. The molecule has 0 saturated carbocycles. The van der Waals surface area contributed by atoms with Crippen molar-refractivity contribution >= 4 is 39.3 Å². The number of esters is 1. The molecule has 2 aromatic carbocycles. The van der Waals surface area contributed by atoms with Crippen LogP contribution in [0.25, 0.3) is 10.8 Å². The molecule has 0 radical (unpaired) electrons. The molecule has 0 heterocycles. The van der Waals surface area contributed by atoms with Crippen molar-refractivity contribution in [3.05, 3.63) is 47.5 Å². The summed E-state index contributed by atoms with van der Waals surface area (Å²) in [6.07, 6.45) is 3.36. The fourth-order valence-electron chi connectivity index (χ4n) is 4.01. The highest BCUT2D eigenvalue weighted by Crippen LogP contribution is 2.24. The molecule has 0 aliphatic heterocycles. The molecule has 0 atom stereocenters. The van der Waals surface area contributed by atoms with Crippen LogP contribution in [-0.4, -0.2) is 53.5 Å². The molecule has 0 bridgehead atoms. The third-order valence-corrected chi connectivity index (χ3v) is 13.1. The molecule has 0 aliphatic rings. The fraction of sp³-hybridized carbons (Fsp3) is 0.520. The Hall–Kier alpha value is -2.01. The van der Waals surface area contributed by atoms with Crippen LogP contribution in [0, 0.1) is 0 Å². The van der Waals surface area contributed by atoms with Crippen molar-refractivity contribution in [2.24, 2.45) is 0 Å². The van der Waals surface area contributed by atoms with Crippen molar-refractivity contribution in [1.29, 1.82) is 0 Å². The Morgan fingerprint density at radius 1 is 0.848 bits per heavy atom. The molecule has 0 amide bonds. The molecule has 6 nitrogen and oxygen atoms in total. The average molecular weight is 491 g/mol. The van der Waals surface area contributed by atoms with Gasteiger partial charge in [-0.1, -0.05) is 44.0 Å². The molecule has 33 heavy (non-hydrogen) atoms. The summed E-state index contributed by atoms with van der Waals surface area (Å²) >= 11 is 0. The molecule has 2 rings (SSSR count). The van der Waals surface area contributed by atoms with Gasteiger partial charge in [0.25, 0.3) is 0 Å². The minimum absolute atomic E-state index is 0.0564. The second-order valence-electron chi connectivity index (χ2n) is 9.63. The van der Waals surface area contributed by atoms with Gasteiger partial charge < -0.3 is 18.7 Å². The summed E-state index contributed by atoms with van der Waals surface area (Å²) in [6.45, 7) is 12.3. The van der Waals surface area contributed by atoms with Gasteiger partial charge in [0.05, 0.1) is 17.7 Å². The molecule has 0 aliphatic carbocycles. The number of aromatic carboxylic acids is 1. The van der Waals surface area contributed by atoms with E-state index in [0.717, 1.165) is 23.2 Å². The van der Waals surface area contributed by atoms with E-state index in [9.17, 15) is 14.7 Å². The van der Waals surface area contributed by atoms with Crippen molar-refractivity contribution < 1.29 is 28.3 Å². The SMILES string of the molecule is CCCC[Si](C)(C)O[Si](C)(C)CCCOCCOC(=O)c1cc2ccccc2cc1C(=O)O. The number of carboxylic acid groups (broad SMARTS) is 1. The second-order valence-corrected chi connectivity index (χ2v) is 18.5. The number of ether oxygens (including phenoxy) is 2. The monoisotopic (exact) mass is 490 g/mol. The van der Waals surface area contributed by atoms with Gasteiger partial charge >= 0.3 is 11.9 Å². The normalized spacial score (nSPS) is 12.2. The molecule has 0 unspecified atom stereocenters. The van der Waals surface area contributed by atoms with Crippen LogP contribution in [0.3, 0.4) is 0 Å². The highest BCUT2D eigenvalue weighted by atomic mass is 28.4. The first kappa shape index (κ1) is 27.2. The van der Waals surface area contributed by atoms with E-state index in [0.29, 0.717) is 6.61 Å². The third kappa shape index (κ3) is 9.04. The van der Waals surface area contributed by atoms with Crippen molar-refractivity contribution in [3.8, 4) is 0 Å². The standard InChI is InChI=1S/C25H38O6Si2/c1-6-7-16-32(2,3)31-33(4,5)17-10-13-29-14-15-30-25(28)23-19-21-12-9-8-11-20(21)18-22(23)24(26)27/h8-9,11-12,18-19H,6-7,10,13-17H2,1-5H3,(H,26,27). The largest absolute Gasteiger partial charge is 0.478 e. The van der Waals surface area contributed by atoms with E-state index in [1.54, 1.807) is 6.07 Å². The lowest BCUT2D eigenvalue weighted by molar-refractivity contribution is 0.0314. The van der Waals surface area contributed by atoms with Gasteiger partial charge in [-0.05, 0) is 67.6 Å². The van der Waals surface area contributed by atoms with E-state index in [2.05, 4.69) is 33.1 Å². The molecular weight excluding hydrogens is 452 g/mol. The van der Waals surface area contributed by atoms with Gasteiger partial charge in [-0.15, -0.1) is 0 Å². The Balaban J connectivity index is 1.75. The summed E-state index contributed by atoms with van der Waals surface area (Å²) in [6, 6.07) is 12.6. The van der Waals surface area contributed by atoms with E-state index in [4.69, 9.17) is 13.6 Å². The Bertz CT molecular complexity index is 942. The lowest BCUT2D eigenvalue weighted by Gasteiger charge is -2.34. The second kappa shape index (κ2) is 12.5. The number of hydrogen-bond acceptors (Lipinski definition) is 5. The van der Waals surface area contributed by atoms with Crippen LogP contribution >= 0.6 is 0 Å². The first-order chi connectivity index (χ1) is 15.5. The van der Waals surface area contributed by atoms with Gasteiger partial charge in [0.1, 0.15) is 6.61 Å². The fourth-order valence-corrected chi connectivity index (χ4v) is 13.0. The molecule has 1 N–H and O–H groups in total. The van der Waals surface area contributed by atoms with Gasteiger partial charge in [-0.2, -0.15) is 0 Å². The quantitative estimate of drug-likeness (QED) is 0.189. The number of unbranched alkanes of at least 4 members (excludes halogenated alkanes) is 1. The highest BCUT2D eigenvalue weighted by Gasteiger charge is 2.32. The van der Waals surface area contributed by atoms with E-state index in [1.807, 2.05) is 24.3 Å². The van der Waals surface area contributed by atoms with Crippen LogP contribution < -0.4 is 0 Å². The Morgan fingerprint density at radius 3 is 2.00 bits per heavy atom. The molecule has 8 heteroatoms. The highest BCUT2D eigenvalue weighted by molar-refractivity contribution is 6.84. The van der Waals surface area contributed by atoms with E-state index in [1.165, 1.54) is 25.0 Å². The first-order valence-electron chi connectivity index (χ1n) is 11.8. The summed E-state index contributed by atoms with van der Waals surface area (Å²) in [5, 5.41) is 11.0. The molecule has 182 valence electrons. The van der Waals surface area contributed by atoms with Crippen LogP contribution in [0.15, 0.2) is 36.4 Å². The van der Waals surface area contributed by atoms with Crippen LogP contribution in [-0.2, 0) is 13.6 Å². The predicted octanol–water partition coefficient (Wildman–Crippen LogP) is 6.33. The van der Waals surface area contributed by atoms with Gasteiger partial charge in [0.15, 0.2) is 16.6 Å². The maximum Gasteiger partial charge on any atom is 0.339 e. The Kier molecular flexibility index (Phi) is 10.3. The van der Waals surface area contributed by atoms with Crippen molar-refractivity contribution in [2.45, 2.75) is 64.5 Å². The summed E-state index contributed by atoms with van der Waals surface area (Å²) in [4.78, 5) is 24.1.